The normalized spacial score (nSPS) is 10.1. The zero-order valence-corrected chi connectivity index (χ0v) is 11.6. The number of hydrogen-bond donors (Lipinski definition) is 2. The second-order valence-electron chi connectivity index (χ2n) is 4.57. The Hall–Kier alpha value is -2.36. The van der Waals surface area contributed by atoms with Crippen LogP contribution >= 0.6 is 0 Å². The molecule has 0 aliphatic rings. The van der Waals surface area contributed by atoms with Gasteiger partial charge in [0.1, 0.15) is 0 Å². The molecule has 1 rings (SSSR count). The fourth-order valence-corrected chi connectivity index (χ4v) is 1.94. The molecule has 1 aromatic carbocycles. The molecule has 4 heteroatoms. The number of carbonyl (C=O) groups is 2. The van der Waals surface area contributed by atoms with E-state index in [0.29, 0.717) is 24.1 Å². The van der Waals surface area contributed by atoms with E-state index in [-0.39, 0.29) is 17.4 Å². The number of carboxylic acid groups (broad SMARTS) is 1. The molecule has 0 aliphatic carbocycles. The molecule has 0 saturated carbocycles. The number of aryl methyl sites for hydroxylation is 1. The first-order valence-electron chi connectivity index (χ1n) is 6.36. The third-order valence-electron chi connectivity index (χ3n) is 3.00. The van der Waals surface area contributed by atoms with Crippen LogP contribution in [0, 0.1) is 12.8 Å². The molecule has 0 atom stereocenters. The molecule has 0 saturated heterocycles. The van der Waals surface area contributed by atoms with Gasteiger partial charge in [0.2, 0.25) is 5.91 Å². The lowest BCUT2D eigenvalue weighted by Gasteiger charge is -2.14. The summed E-state index contributed by atoms with van der Waals surface area (Å²) in [5.74, 6) is -1.30. The van der Waals surface area contributed by atoms with E-state index in [2.05, 4.69) is 18.5 Å². The van der Waals surface area contributed by atoms with Crippen molar-refractivity contribution < 1.29 is 14.7 Å². The van der Waals surface area contributed by atoms with E-state index in [1.807, 2.05) is 0 Å². The second-order valence-corrected chi connectivity index (χ2v) is 4.57. The Bertz CT molecular complexity index is 525. The third kappa shape index (κ3) is 4.09. The van der Waals surface area contributed by atoms with Crippen LogP contribution in [0.2, 0.25) is 0 Å². The van der Waals surface area contributed by atoms with Gasteiger partial charge in [0.25, 0.3) is 0 Å². The average Bonchev–Trinajstić information content (AvgIpc) is 2.38. The SMILES string of the molecule is C=CCC(CC=C)C(=O)Nc1ccc(C(=O)O)c(C)c1. The number of aromatic carboxylic acids is 1. The maximum Gasteiger partial charge on any atom is 0.335 e. The van der Waals surface area contributed by atoms with Crippen molar-refractivity contribution in [1.82, 2.24) is 0 Å². The van der Waals surface area contributed by atoms with E-state index in [9.17, 15) is 9.59 Å². The number of allylic oxidation sites excluding steroid dienone is 2. The van der Waals surface area contributed by atoms with Gasteiger partial charge in [0, 0.05) is 11.6 Å². The molecule has 0 aliphatic heterocycles. The van der Waals surface area contributed by atoms with Crippen molar-refractivity contribution in [2.45, 2.75) is 19.8 Å². The van der Waals surface area contributed by atoms with Gasteiger partial charge >= 0.3 is 5.97 Å². The van der Waals surface area contributed by atoms with E-state index >= 15 is 0 Å². The zero-order chi connectivity index (χ0) is 15.1. The van der Waals surface area contributed by atoms with Gasteiger partial charge in [-0.2, -0.15) is 0 Å². The fourth-order valence-electron chi connectivity index (χ4n) is 1.94. The van der Waals surface area contributed by atoms with E-state index in [1.54, 1.807) is 31.2 Å². The van der Waals surface area contributed by atoms with E-state index in [4.69, 9.17) is 5.11 Å². The van der Waals surface area contributed by atoms with Crippen LogP contribution in [-0.2, 0) is 4.79 Å². The molecule has 0 heterocycles. The molecular weight excluding hydrogens is 254 g/mol. The van der Waals surface area contributed by atoms with Crippen LogP contribution < -0.4 is 5.32 Å². The molecule has 0 spiro atoms. The van der Waals surface area contributed by atoms with Gasteiger partial charge in [-0.15, -0.1) is 13.2 Å². The lowest BCUT2D eigenvalue weighted by molar-refractivity contribution is -0.119. The summed E-state index contributed by atoms with van der Waals surface area (Å²) in [6.07, 6.45) is 4.55. The number of rotatable bonds is 7. The van der Waals surface area contributed by atoms with Crippen LogP contribution in [0.1, 0.15) is 28.8 Å². The predicted octanol–water partition coefficient (Wildman–Crippen LogP) is 3.40. The first kappa shape index (κ1) is 15.7. The van der Waals surface area contributed by atoms with Gasteiger partial charge in [-0.05, 0) is 43.5 Å². The summed E-state index contributed by atoms with van der Waals surface area (Å²) in [6, 6.07) is 4.73. The molecule has 0 unspecified atom stereocenters. The molecule has 1 amide bonds. The monoisotopic (exact) mass is 273 g/mol. The molecule has 20 heavy (non-hydrogen) atoms. The third-order valence-corrected chi connectivity index (χ3v) is 3.00. The standard InChI is InChI=1S/C16H19NO3/c1-4-6-12(7-5-2)15(18)17-13-8-9-14(16(19)20)11(3)10-13/h4-5,8-10,12H,1-2,6-7H2,3H3,(H,17,18)(H,19,20). The number of carboxylic acids is 1. The van der Waals surface area contributed by atoms with Crippen molar-refractivity contribution in [1.29, 1.82) is 0 Å². The van der Waals surface area contributed by atoms with Crippen molar-refractivity contribution in [3.05, 3.63) is 54.6 Å². The molecule has 0 bridgehead atoms. The molecule has 0 fully saturated rings. The number of hydrogen-bond acceptors (Lipinski definition) is 2. The highest BCUT2D eigenvalue weighted by molar-refractivity contribution is 5.94. The molecule has 0 radical (unpaired) electrons. The first-order valence-corrected chi connectivity index (χ1v) is 6.36. The lowest BCUT2D eigenvalue weighted by atomic mass is 10.00. The maximum atomic E-state index is 12.1. The largest absolute Gasteiger partial charge is 0.478 e. The van der Waals surface area contributed by atoms with Crippen molar-refractivity contribution >= 4 is 17.6 Å². The highest BCUT2D eigenvalue weighted by Gasteiger charge is 2.16. The van der Waals surface area contributed by atoms with Gasteiger partial charge in [-0.25, -0.2) is 4.79 Å². The summed E-state index contributed by atoms with van der Waals surface area (Å²) in [5.41, 5.74) is 1.44. The molecular formula is C16H19NO3. The van der Waals surface area contributed by atoms with Crippen molar-refractivity contribution in [2.24, 2.45) is 5.92 Å². The minimum atomic E-state index is -0.975. The van der Waals surface area contributed by atoms with Gasteiger partial charge in [0.15, 0.2) is 0 Å². The molecule has 106 valence electrons. The number of amides is 1. The van der Waals surface area contributed by atoms with Crippen molar-refractivity contribution in [3.8, 4) is 0 Å². The lowest BCUT2D eigenvalue weighted by Crippen LogP contribution is -2.22. The van der Waals surface area contributed by atoms with E-state index < -0.39 is 5.97 Å². The maximum absolute atomic E-state index is 12.1. The highest BCUT2D eigenvalue weighted by Crippen LogP contribution is 2.18. The summed E-state index contributed by atoms with van der Waals surface area (Å²) in [6.45, 7) is 8.97. The smallest absolute Gasteiger partial charge is 0.335 e. The topological polar surface area (TPSA) is 66.4 Å². The van der Waals surface area contributed by atoms with Crippen LogP contribution in [0.3, 0.4) is 0 Å². The summed E-state index contributed by atoms with van der Waals surface area (Å²) in [4.78, 5) is 23.0. The number of nitrogens with one attached hydrogen (secondary N) is 1. The zero-order valence-electron chi connectivity index (χ0n) is 11.6. The van der Waals surface area contributed by atoms with Crippen LogP contribution in [0.4, 0.5) is 5.69 Å². The van der Waals surface area contributed by atoms with E-state index in [0.717, 1.165) is 0 Å². The number of carbonyl (C=O) groups excluding carboxylic acids is 1. The second kappa shape index (κ2) is 7.28. The number of benzene rings is 1. The average molecular weight is 273 g/mol. The Labute approximate surface area is 118 Å². The number of anilines is 1. The van der Waals surface area contributed by atoms with E-state index in [1.165, 1.54) is 6.07 Å². The highest BCUT2D eigenvalue weighted by atomic mass is 16.4. The molecule has 1 aromatic rings. The summed E-state index contributed by atoms with van der Waals surface area (Å²) in [5, 5.41) is 11.7. The summed E-state index contributed by atoms with van der Waals surface area (Å²) in [7, 11) is 0. The van der Waals surface area contributed by atoms with Gasteiger partial charge in [-0.3, -0.25) is 4.79 Å². The van der Waals surface area contributed by atoms with Crippen molar-refractivity contribution in [2.75, 3.05) is 5.32 Å². The summed E-state index contributed by atoms with van der Waals surface area (Å²) < 4.78 is 0. The minimum absolute atomic E-state index is 0.118. The van der Waals surface area contributed by atoms with Gasteiger partial charge in [-0.1, -0.05) is 12.2 Å². The van der Waals surface area contributed by atoms with Crippen LogP contribution in [0.25, 0.3) is 0 Å². The molecule has 4 nitrogen and oxygen atoms in total. The van der Waals surface area contributed by atoms with Crippen molar-refractivity contribution in [3.63, 3.8) is 0 Å². The quantitative estimate of drug-likeness (QED) is 0.748. The fraction of sp³-hybridized carbons (Fsp3) is 0.250. The molecule has 2 N–H and O–H groups in total. The predicted molar refractivity (Wildman–Crippen MR) is 79.9 cm³/mol. The van der Waals surface area contributed by atoms with Gasteiger partial charge in [0.05, 0.1) is 5.56 Å². The van der Waals surface area contributed by atoms with Crippen LogP contribution in [0.15, 0.2) is 43.5 Å². The Balaban J connectivity index is 2.84. The Kier molecular flexibility index (Phi) is 5.72. The molecule has 0 aromatic heterocycles. The Morgan fingerprint density at radius 3 is 2.35 bits per heavy atom. The Morgan fingerprint density at radius 2 is 1.90 bits per heavy atom. The summed E-state index contributed by atoms with van der Waals surface area (Å²) >= 11 is 0. The van der Waals surface area contributed by atoms with Crippen LogP contribution in [-0.4, -0.2) is 17.0 Å². The Morgan fingerprint density at radius 1 is 1.30 bits per heavy atom. The first-order chi connectivity index (χ1) is 9.49. The van der Waals surface area contributed by atoms with Gasteiger partial charge < -0.3 is 10.4 Å². The van der Waals surface area contributed by atoms with Crippen LogP contribution in [0.5, 0.6) is 0 Å². The minimum Gasteiger partial charge on any atom is -0.478 e.